The first kappa shape index (κ1) is 13.9. The van der Waals surface area contributed by atoms with Gasteiger partial charge < -0.3 is 15.4 Å². The Morgan fingerprint density at radius 3 is 2.53 bits per heavy atom. The van der Waals surface area contributed by atoms with E-state index in [1.54, 1.807) is 12.1 Å². The van der Waals surface area contributed by atoms with Gasteiger partial charge in [0.2, 0.25) is 0 Å². The Labute approximate surface area is 102 Å². The predicted molar refractivity (Wildman–Crippen MR) is 68.8 cm³/mol. The second-order valence-corrected chi connectivity index (χ2v) is 4.00. The van der Waals surface area contributed by atoms with E-state index in [0.29, 0.717) is 13.2 Å². The van der Waals surface area contributed by atoms with Gasteiger partial charge in [0.05, 0.1) is 6.10 Å². The lowest BCUT2D eigenvalue weighted by Crippen LogP contribution is -2.29. The topological polar surface area (TPSA) is 38.5 Å². The molecule has 0 spiro atoms. The first-order valence-electron chi connectivity index (χ1n) is 5.95. The number of anilines is 1. The molecule has 0 heterocycles. The maximum atomic E-state index is 12.8. The third-order valence-electron chi connectivity index (χ3n) is 2.72. The summed E-state index contributed by atoms with van der Waals surface area (Å²) >= 11 is 0. The second kappa shape index (κ2) is 7.25. The van der Waals surface area contributed by atoms with E-state index in [9.17, 15) is 4.39 Å². The number of halogens is 1. The molecule has 0 radical (unpaired) electrons. The van der Waals surface area contributed by atoms with E-state index >= 15 is 0 Å². The molecule has 17 heavy (non-hydrogen) atoms. The zero-order valence-corrected chi connectivity index (χ0v) is 10.5. The number of hydrogen-bond donors (Lipinski definition) is 1. The molecule has 0 saturated carbocycles. The third kappa shape index (κ3) is 4.71. The second-order valence-electron chi connectivity index (χ2n) is 4.00. The summed E-state index contributed by atoms with van der Waals surface area (Å²) in [7, 11) is 1.98. The van der Waals surface area contributed by atoms with Crippen molar-refractivity contribution in [2.75, 3.05) is 31.6 Å². The van der Waals surface area contributed by atoms with Crippen molar-refractivity contribution in [1.82, 2.24) is 0 Å². The maximum Gasteiger partial charge on any atom is 0.123 e. The molecule has 0 aliphatic heterocycles. The van der Waals surface area contributed by atoms with Crippen molar-refractivity contribution in [2.24, 2.45) is 5.73 Å². The predicted octanol–water partition coefficient (Wildman–Crippen LogP) is 2.02. The van der Waals surface area contributed by atoms with Gasteiger partial charge >= 0.3 is 0 Å². The van der Waals surface area contributed by atoms with Gasteiger partial charge in [0.25, 0.3) is 0 Å². The summed E-state index contributed by atoms with van der Waals surface area (Å²) in [6.07, 6.45) is 0.973. The van der Waals surface area contributed by atoms with Gasteiger partial charge in [-0.05, 0) is 37.6 Å². The zero-order valence-electron chi connectivity index (χ0n) is 10.5. The highest BCUT2D eigenvalue weighted by molar-refractivity contribution is 5.45. The Bertz CT molecular complexity index is 316. The highest BCUT2D eigenvalue weighted by Crippen LogP contribution is 2.13. The largest absolute Gasteiger partial charge is 0.377 e. The van der Waals surface area contributed by atoms with Gasteiger partial charge in [-0.2, -0.15) is 0 Å². The summed E-state index contributed by atoms with van der Waals surface area (Å²) in [5.41, 5.74) is 6.61. The van der Waals surface area contributed by atoms with E-state index in [2.05, 4.69) is 4.90 Å². The lowest BCUT2D eigenvalue weighted by molar-refractivity contribution is 0.0646. The van der Waals surface area contributed by atoms with Crippen LogP contribution >= 0.6 is 0 Å². The molecule has 1 unspecified atom stereocenters. The lowest BCUT2D eigenvalue weighted by atomic mass is 10.2. The van der Waals surface area contributed by atoms with Gasteiger partial charge in [0.15, 0.2) is 0 Å². The Balaban J connectivity index is 2.43. The van der Waals surface area contributed by atoms with Crippen molar-refractivity contribution in [1.29, 1.82) is 0 Å². The standard InChI is InChI=1S/C13H21FN2O/c1-3-17-13(10-15)8-9-16(2)12-6-4-11(14)5-7-12/h4-7,13H,3,8-10,15H2,1-2H3. The molecule has 0 aliphatic carbocycles. The van der Waals surface area contributed by atoms with Crippen molar-refractivity contribution < 1.29 is 9.13 Å². The monoisotopic (exact) mass is 240 g/mol. The summed E-state index contributed by atoms with van der Waals surface area (Å²) in [6.45, 7) is 4.02. The summed E-state index contributed by atoms with van der Waals surface area (Å²) < 4.78 is 18.2. The van der Waals surface area contributed by atoms with Gasteiger partial charge in [-0.25, -0.2) is 4.39 Å². The summed E-state index contributed by atoms with van der Waals surface area (Å²) in [5, 5.41) is 0. The molecule has 0 bridgehead atoms. The zero-order chi connectivity index (χ0) is 12.7. The molecule has 2 N–H and O–H groups in total. The van der Waals surface area contributed by atoms with Crippen LogP contribution in [0.3, 0.4) is 0 Å². The van der Waals surface area contributed by atoms with E-state index in [1.165, 1.54) is 12.1 Å². The van der Waals surface area contributed by atoms with Crippen molar-refractivity contribution in [3.05, 3.63) is 30.1 Å². The minimum absolute atomic E-state index is 0.0999. The van der Waals surface area contributed by atoms with Gasteiger partial charge in [0.1, 0.15) is 5.82 Å². The van der Waals surface area contributed by atoms with Crippen LogP contribution in [0.1, 0.15) is 13.3 Å². The molecule has 0 aliphatic rings. The average Bonchev–Trinajstić information content (AvgIpc) is 2.35. The molecular weight excluding hydrogens is 219 g/mol. The average molecular weight is 240 g/mol. The quantitative estimate of drug-likeness (QED) is 0.792. The number of benzene rings is 1. The Kier molecular flexibility index (Phi) is 5.94. The minimum atomic E-state index is -0.212. The number of nitrogens with zero attached hydrogens (tertiary/aromatic N) is 1. The van der Waals surface area contributed by atoms with Crippen molar-refractivity contribution in [3.8, 4) is 0 Å². The fourth-order valence-electron chi connectivity index (χ4n) is 1.67. The molecule has 0 amide bonds. The molecule has 4 heteroatoms. The van der Waals surface area contributed by atoms with E-state index in [-0.39, 0.29) is 11.9 Å². The van der Waals surface area contributed by atoms with E-state index in [0.717, 1.165) is 18.7 Å². The lowest BCUT2D eigenvalue weighted by Gasteiger charge is -2.22. The van der Waals surface area contributed by atoms with Crippen LogP contribution in [0.4, 0.5) is 10.1 Å². The fraction of sp³-hybridized carbons (Fsp3) is 0.538. The molecule has 3 nitrogen and oxygen atoms in total. The molecule has 1 atom stereocenters. The van der Waals surface area contributed by atoms with Crippen LogP contribution in [0.2, 0.25) is 0 Å². The Hall–Kier alpha value is -1.13. The number of rotatable bonds is 7. The third-order valence-corrected chi connectivity index (χ3v) is 2.72. The summed E-state index contributed by atoms with van der Waals surface area (Å²) in [6, 6.07) is 6.48. The van der Waals surface area contributed by atoms with Crippen LogP contribution in [0.15, 0.2) is 24.3 Å². The van der Waals surface area contributed by atoms with Crippen LogP contribution in [-0.2, 0) is 4.74 Å². The minimum Gasteiger partial charge on any atom is -0.377 e. The normalized spacial score (nSPS) is 12.5. The van der Waals surface area contributed by atoms with Crippen LogP contribution in [-0.4, -0.2) is 32.8 Å². The van der Waals surface area contributed by atoms with Crippen molar-refractivity contribution in [3.63, 3.8) is 0 Å². The number of ether oxygens (including phenoxy) is 1. The van der Waals surface area contributed by atoms with Crippen LogP contribution in [0, 0.1) is 5.82 Å². The molecule has 1 aromatic rings. The Morgan fingerprint density at radius 2 is 2.00 bits per heavy atom. The van der Waals surface area contributed by atoms with Crippen molar-refractivity contribution in [2.45, 2.75) is 19.4 Å². The Morgan fingerprint density at radius 1 is 1.35 bits per heavy atom. The molecule has 1 rings (SSSR count). The molecule has 0 fully saturated rings. The first-order valence-corrected chi connectivity index (χ1v) is 5.95. The van der Waals surface area contributed by atoms with E-state index in [4.69, 9.17) is 10.5 Å². The smallest absolute Gasteiger partial charge is 0.123 e. The van der Waals surface area contributed by atoms with Crippen LogP contribution < -0.4 is 10.6 Å². The number of nitrogens with two attached hydrogens (primary N) is 1. The van der Waals surface area contributed by atoms with Gasteiger partial charge in [-0.3, -0.25) is 0 Å². The van der Waals surface area contributed by atoms with Crippen molar-refractivity contribution >= 4 is 5.69 Å². The molecule has 96 valence electrons. The van der Waals surface area contributed by atoms with E-state index in [1.807, 2.05) is 14.0 Å². The fourth-order valence-corrected chi connectivity index (χ4v) is 1.67. The highest BCUT2D eigenvalue weighted by atomic mass is 19.1. The molecule has 1 aromatic carbocycles. The maximum absolute atomic E-state index is 12.8. The molecule has 0 aromatic heterocycles. The van der Waals surface area contributed by atoms with Gasteiger partial charge in [-0.1, -0.05) is 0 Å². The van der Waals surface area contributed by atoms with Gasteiger partial charge in [-0.15, -0.1) is 0 Å². The SMILES string of the molecule is CCOC(CN)CCN(C)c1ccc(F)cc1. The first-order chi connectivity index (χ1) is 8.17. The number of hydrogen-bond acceptors (Lipinski definition) is 3. The van der Waals surface area contributed by atoms with Crippen LogP contribution in [0.25, 0.3) is 0 Å². The van der Waals surface area contributed by atoms with E-state index < -0.39 is 0 Å². The van der Waals surface area contributed by atoms with Gasteiger partial charge in [0, 0.05) is 32.4 Å². The van der Waals surface area contributed by atoms with Crippen LogP contribution in [0.5, 0.6) is 0 Å². The summed E-state index contributed by atoms with van der Waals surface area (Å²) in [4.78, 5) is 2.07. The molecule has 0 saturated heterocycles. The highest BCUT2D eigenvalue weighted by Gasteiger charge is 2.08. The summed E-state index contributed by atoms with van der Waals surface area (Å²) in [5.74, 6) is -0.212. The molecular formula is C13H21FN2O.